The fourth-order valence-electron chi connectivity index (χ4n) is 2.41. The van der Waals surface area contributed by atoms with E-state index >= 15 is 0 Å². The zero-order chi connectivity index (χ0) is 18.2. The quantitative estimate of drug-likeness (QED) is 0.791. The molecule has 0 bridgehead atoms. The summed E-state index contributed by atoms with van der Waals surface area (Å²) < 4.78 is 34.7. The summed E-state index contributed by atoms with van der Waals surface area (Å²) in [7, 11) is 0. The predicted octanol–water partition coefficient (Wildman–Crippen LogP) is 3.64. The molecule has 0 aromatic heterocycles. The first-order valence-electron chi connectivity index (χ1n) is 7.95. The van der Waals surface area contributed by atoms with Crippen LogP contribution in [0.3, 0.4) is 0 Å². The third-order valence-electron chi connectivity index (χ3n) is 3.59. The number of carbonyl (C=O) groups is 1. The highest BCUT2D eigenvalue weighted by Gasteiger charge is 2.10. The highest BCUT2D eigenvalue weighted by atomic mass is 19.3. The molecule has 0 saturated heterocycles. The van der Waals surface area contributed by atoms with Gasteiger partial charge in [0, 0.05) is 6.54 Å². The number of carbonyl (C=O) groups excluding carboxylic acids is 1. The van der Waals surface area contributed by atoms with Gasteiger partial charge in [0.05, 0.1) is 0 Å². The number of benzene rings is 2. The van der Waals surface area contributed by atoms with Crippen LogP contribution >= 0.6 is 0 Å². The van der Waals surface area contributed by atoms with Crippen LogP contribution in [-0.2, 0) is 11.2 Å². The summed E-state index contributed by atoms with van der Waals surface area (Å²) in [5, 5.41) is 2.71. The number of aryl methyl sites for hydroxylation is 2. The lowest BCUT2D eigenvalue weighted by Gasteiger charge is -2.12. The van der Waals surface area contributed by atoms with Crippen molar-refractivity contribution >= 4 is 5.91 Å². The monoisotopic (exact) mass is 349 g/mol. The Morgan fingerprint density at radius 3 is 2.60 bits per heavy atom. The van der Waals surface area contributed by atoms with Gasteiger partial charge in [0.2, 0.25) is 0 Å². The Hall–Kier alpha value is -2.63. The third kappa shape index (κ3) is 6.06. The van der Waals surface area contributed by atoms with Gasteiger partial charge in [-0.2, -0.15) is 8.78 Å². The van der Waals surface area contributed by atoms with Crippen molar-refractivity contribution < 1.29 is 23.0 Å². The smallest absolute Gasteiger partial charge is 0.387 e. The number of ether oxygens (including phenoxy) is 2. The number of nitrogens with one attached hydrogen (secondary N) is 1. The Morgan fingerprint density at radius 1 is 1.12 bits per heavy atom. The number of halogens is 2. The van der Waals surface area contributed by atoms with Crippen LogP contribution in [0.5, 0.6) is 11.5 Å². The van der Waals surface area contributed by atoms with Crippen molar-refractivity contribution in [1.29, 1.82) is 0 Å². The van der Waals surface area contributed by atoms with Crippen LogP contribution < -0.4 is 14.8 Å². The number of hydrogen-bond donors (Lipinski definition) is 1. The van der Waals surface area contributed by atoms with Gasteiger partial charge in [-0.15, -0.1) is 0 Å². The van der Waals surface area contributed by atoms with Crippen molar-refractivity contribution in [3.05, 3.63) is 59.2 Å². The topological polar surface area (TPSA) is 47.6 Å². The molecule has 0 aliphatic carbocycles. The van der Waals surface area contributed by atoms with E-state index in [4.69, 9.17) is 4.74 Å². The molecule has 4 nitrogen and oxygen atoms in total. The van der Waals surface area contributed by atoms with Gasteiger partial charge in [0.1, 0.15) is 11.5 Å². The number of amides is 1. The van der Waals surface area contributed by atoms with E-state index < -0.39 is 6.61 Å². The molecule has 0 aliphatic heterocycles. The van der Waals surface area contributed by atoms with Gasteiger partial charge in [-0.3, -0.25) is 4.79 Å². The van der Waals surface area contributed by atoms with E-state index in [1.807, 2.05) is 32.0 Å². The second-order valence-corrected chi connectivity index (χ2v) is 5.64. The van der Waals surface area contributed by atoms with E-state index in [9.17, 15) is 13.6 Å². The molecular formula is C19H21F2NO3. The third-order valence-corrected chi connectivity index (χ3v) is 3.59. The van der Waals surface area contributed by atoms with Crippen LogP contribution in [0.15, 0.2) is 42.5 Å². The minimum atomic E-state index is -2.87. The van der Waals surface area contributed by atoms with Gasteiger partial charge in [0.15, 0.2) is 6.61 Å². The van der Waals surface area contributed by atoms with E-state index in [1.54, 1.807) is 18.2 Å². The average molecular weight is 349 g/mol. The van der Waals surface area contributed by atoms with E-state index in [0.717, 1.165) is 11.1 Å². The van der Waals surface area contributed by atoms with Crippen molar-refractivity contribution in [1.82, 2.24) is 5.32 Å². The van der Waals surface area contributed by atoms with Crippen molar-refractivity contribution in [3.8, 4) is 11.5 Å². The van der Waals surface area contributed by atoms with Gasteiger partial charge < -0.3 is 14.8 Å². The van der Waals surface area contributed by atoms with Gasteiger partial charge in [-0.1, -0.05) is 35.9 Å². The van der Waals surface area contributed by atoms with Crippen LogP contribution in [-0.4, -0.2) is 25.7 Å². The molecule has 2 aromatic rings. The fourth-order valence-corrected chi connectivity index (χ4v) is 2.41. The number of rotatable bonds is 8. The second-order valence-electron chi connectivity index (χ2n) is 5.64. The van der Waals surface area contributed by atoms with Crippen LogP contribution in [0.25, 0.3) is 0 Å². The molecule has 0 fully saturated rings. The molecule has 1 amide bonds. The summed E-state index contributed by atoms with van der Waals surface area (Å²) in [6.45, 7) is 1.23. The van der Waals surface area contributed by atoms with Gasteiger partial charge in [-0.05, 0) is 43.5 Å². The molecule has 0 atom stereocenters. The van der Waals surface area contributed by atoms with E-state index in [1.165, 1.54) is 6.07 Å². The van der Waals surface area contributed by atoms with E-state index in [-0.39, 0.29) is 18.3 Å². The molecule has 0 spiro atoms. The van der Waals surface area contributed by atoms with Crippen LogP contribution in [0.2, 0.25) is 0 Å². The minimum absolute atomic E-state index is 0.0981. The van der Waals surface area contributed by atoms with Gasteiger partial charge in [0.25, 0.3) is 5.91 Å². The average Bonchev–Trinajstić information content (AvgIpc) is 2.55. The molecule has 134 valence electrons. The summed E-state index contributed by atoms with van der Waals surface area (Å²) in [6, 6.07) is 12.3. The SMILES string of the molecule is Cc1ccc(OCC(=O)NCCc2ccccc2OC(F)F)c(C)c1. The zero-order valence-electron chi connectivity index (χ0n) is 14.2. The van der Waals surface area contributed by atoms with Crippen molar-refractivity contribution in [2.24, 2.45) is 0 Å². The van der Waals surface area contributed by atoms with E-state index in [0.29, 0.717) is 24.3 Å². The first-order chi connectivity index (χ1) is 12.0. The predicted molar refractivity (Wildman–Crippen MR) is 91.2 cm³/mol. The molecule has 0 aliphatic rings. The molecule has 0 heterocycles. The molecule has 6 heteroatoms. The van der Waals surface area contributed by atoms with Gasteiger partial charge in [-0.25, -0.2) is 0 Å². The molecule has 0 radical (unpaired) electrons. The maximum Gasteiger partial charge on any atom is 0.387 e. The van der Waals surface area contributed by atoms with E-state index in [2.05, 4.69) is 10.1 Å². The molecule has 2 aromatic carbocycles. The van der Waals surface area contributed by atoms with Crippen LogP contribution in [0.1, 0.15) is 16.7 Å². The molecule has 25 heavy (non-hydrogen) atoms. The summed E-state index contributed by atoms with van der Waals surface area (Å²) in [6.07, 6.45) is 0.387. The summed E-state index contributed by atoms with van der Waals surface area (Å²) in [5.41, 5.74) is 2.70. The number of para-hydroxylation sites is 1. The Kier molecular flexibility index (Phi) is 6.74. The maximum atomic E-state index is 12.4. The zero-order valence-corrected chi connectivity index (χ0v) is 14.2. The van der Waals surface area contributed by atoms with Crippen LogP contribution in [0, 0.1) is 13.8 Å². The number of hydrogen-bond acceptors (Lipinski definition) is 3. The highest BCUT2D eigenvalue weighted by molar-refractivity contribution is 5.77. The Balaban J connectivity index is 1.79. The standard InChI is InChI=1S/C19H21F2NO3/c1-13-7-8-16(14(2)11-13)24-12-18(23)22-10-9-15-5-3-4-6-17(15)25-19(20)21/h3-8,11,19H,9-10,12H2,1-2H3,(H,22,23). The lowest BCUT2D eigenvalue weighted by atomic mass is 10.1. The van der Waals surface area contributed by atoms with Crippen LogP contribution in [0.4, 0.5) is 8.78 Å². The fraction of sp³-hybridized carbons (Fsp3) is 0.316. The molecule has 2 rings (SSSR count). The summed E-state index contributed by atoms with van der Waals surface area (Å²) in [5.74, 6) is 0.516. The van der Waals surface area contributed by atoms with Crippen molar-refractivity contribution in [2.75, 3.05) is 13.2 Å². The van der Waals surface area contributed by atoms with Gasteiger partial charge >= 0.3 is 6.61 Å². The lowest BCUT2D eigenvalue weighted by molar-refractivity contribution is -0.123. The summed E-state index contributed by atoms with van der Waals surface area (Å²) in [4.78, 5) is 11.9. The second kappa shape index (κ2) is 9.01. The van der Waals surface area contributed by atoms with Crippen molar-refractivity contribution in [2.45, 2.75) is 26.9 Å². The minimum Gasteiger partial charge on any atom is -0.484 e. The summed E-state index contributed by atoms with van der Waals surface area (Å²) >= 11 is 0. The Morgan fingerprint density at radius 2 is 1.88 bits per heavy atom. The first kappa shape index (κ1) is 18.7. The number of alkyl halides is 2. The maximum absolute atomic E-state index is 12.4. The molecular weight excluding hydrogens is 328 g/mol. The Labute approximate surface area is 145 Å². The largest absolute Gasteiger partial charge is 0.484 e. The molecule has 0 unspecified atom stereocenters. The Bertz CT molecular complexity index is 720. The van der Waals surface area contributed by atoms with Crippen molar-refractivity contribution in [3.63, 3.8) is 0 Å². The molecule has 0 saturated carbocycles. The first-order valence-corrected chi connectivity index (χ1v) is 7.95. The highest BCUT2D eigenvalue weighted by Crippen LogP contribution is 2.20. The molecule has 1 N–H and O–H groups in total. The normalized spacial score (nSPS) is 10.6. The lowest BCUT2D eigenvalue weighted by Crippen LogP contribution is -2.30.